The van der Waals surface area contributed by atoms with Crippen molar-refractivity contribution in [3.63, 3.8) is 0 Å². The average molecular weight is 353 g/mol. The molecule has 0 atom stereocenters. The quantitative estimate of drug-likeness (QED) is 0.178. The molecular weight excluding hydrogens is 308 g/mol. The van der Waals surface area contributed by atoms with E-state index in [4.69, 9.17) is 5.11 Å². The minimum atomic E-state index is -0.660. The Balaban J connectivity index is 3.07. The maximum atomic E-state index is 10.4. The van der Waals surface area contributed by atoms with Gasteiger partial charge in [-0.1, -0.05) is 103 Å². The van der Waals surface area contributed by atoms with Gasteiger partial charge in [-0.25, -0.2) is 0 Å². The van der Waals surface area contributed by atoms with Crippen molar-refractivity contribution in [2.24, 2.45) is 0 Å². The summed E-state index contributed by atoms with van der Waals surface area (Å²) in [5.74, 6) is -0.660. The molecule has 0 aromatic rings. The summed E-state index contributed by atoms with van der Waals surface area (Å²) < 4.78 is 0. The Labute approximate surface area is 157 Å². The van der Waals surface area contributed by atoms with E-state index >= 15 is 0 Å². The van der Waals surface area contributed by atoms with Gasteiger partial charge in [0.2, 0.25) is 0 Å². The molecule has 0 unspecified atom stereocenters. The number of carboxylic acid groups (broad SMARTS) is 1. The highest BCUT2D eigenvalue weighted by Crippen LogP contribution is 2.12. The minimum Gasteiger partial charge on any atom is -0.481 e. The summed E-state index contributed by atoms with van der Waals surface area (Å²) in [7, 11) is 0. The van der Waals surface area contributed by atoms with Gasteiger partial charge in [0.1, 0.15) is 0 Å². The molecule has 0 aliphatic carbocycles. The second-order valence-corrected chi connectivity index (χ2v) is 7.50. The van der Waals surface area contributed by atoms with Gasteiger partial charge in [0, 0.05) is 6.42 Å². The molecule has 0 heterocycles. The highest BCUT2D eigenvalue weighted by Gasteiger charge is 1.96. The maximum Gasteiger partial charge on any atom is 0.303 e. The van der Waals surface area contributed by atoms with Gasteiger partial charge in [-0.15, -0.1) is 0 Å². The lowest BCUT2D eigenvalue weighted by Crippen LogP contribution is -1.93. The van der Waals surface area contributed by atoms with Crippen LogP contribution in [0.4, 0.5) is 0 Å². The molecule has 0 aliphatic heterocycles. The molecule has 2 heteroatoms. The van der Waals surface area contributed by atoms with Gasteiger partial charge < -0.3 is 5.11 Å². The van der Waals surface area contributed by atoms with Crippen LogP contribution in [0.1, 0.15) is 129 Å². The topological polar surface area (TPSA) is 37.3 Å². The number of allylic oxidation sites excluding steroid dienone is 2. The van der Waals surface area contributed by atoms with Crippen LogP contribution < -0.4 is 0 Å². The van der Waals surface area contributed by atoms with Gasteiger partial charge in [0.05, 0.1) is 0 Å². The van der Waals surface area contributed by atoms with Crippen LogP contribution in [0.2, 0.25) is 0 Å². The van der Waals surface area contributed by atoms with E-state index < -0.39 is 5.97 Å². The lowest BCUT2D eigenvalue weighted by molar-refractivity contribution is -0.137. The first-order chi connectivity index (χ1) is 12.3. The van der Waals surface area contributed by atoms with E-state index in [9.17, 15) is 4.79 Å². The second-order valence-electron chi connectivity index (χ2n) is 7.50. The fourth-order valence-electron chi connectivity index (χ4n) is 3.23. The first-order valence-corrected chi connectivity index (χ1v) is 11.1. The van der Waals surface area contributed by atoms with Crippen molar-refractivity contribution < 1.29 is 9.90 Å². The van der Waals surface area contributed by atoms with Crippen LogP contribution in [0.15, 0.2) is 12.2 Å². The number of hydrogen-bond donors (Lipinski definition) is 1. The zero-order valence-electron chi connectivity index (χ0n) is 16.9. The third kappa shape index (κ3) is 23.2. The largest absolute Gasteiger partial charge is 0.481 e. The van der Waals surface area contributed by atoms with E-state index in [1.165, 1.54) is 103 Å². The Kier molecular flexibility index (Phi) is 20.6. The summed E-state index contributed by atoms with van der Waals surface area (Å²) in [5.41, 5.74) is 0. The number of aliphatic carboxylic acids is 1. The molecule has 0 rings (SSSR count). The zero-order valence-corrected chi connectivity index (χ0v) is 16.9. The Morgan fingerprint density at radius 3 is 1.36 bits per heavy atom. The van der Waals surface area contributed by atoms with E-state index in [1.807, 2.05) is 0 Å². The number of unbranched alkanes of at least 4 members (excludes halogenated alkanes) is 16. The summed E-state index contributed by atoms with van der Waals surface area (Å²) in [6.45, 7) is 2.28. The molecule has 0 saturated heterocycles. The fraction of sp³-hybridized carbons (Fsp3) is 0.870. The Morgan fingerprint density at radius 2 is 0.960 bits per heavy atom. The highest BCUT2D eigenvalue weighted by atomic mass is 16.4. The molecule has 0 bridgehead atoms. The van der Waals surface area contributed by atoms with Gasteiger partial charge in [-0.3, -0.25) is 4.79 Å². The van der Waals surface area contributed by atoms with Crippen LogP contribution in [0.3, 0.4) is 0 Å². The van der Waals surface area contributed by atoms with E-state index in [0.29, 0.717) is 6.42 Å². The fourth-order valence-corrected chi connectivity index (χ4v) is 3.23. The lowest BCUT2D eigenvalue weighted by atomic mass is 10.1. The predicted octanol–water partition coefficient (Wildman–Crippen LogP) is 8.06. The first kappa shape index (κ1) is 24.2. The van der Waals surface area contributed by atoms with Crippen LogP contribution in [0, 0.1) is 0 Å². The number of hydrogen-bond acceptors (Lipinski definition) is 1. The van der Waals surface area contributed by atoms with Crippen LogP contribution in [0.5, 0.6) is 0 Å². The van der Waals surface area contributed by atoms with E-state index in [1.54, 1.807) is 0 Å². The van der Waals surface area contributed by atoms with Crippen molar-refractivity contribution in [1.82, 2.24) is 0 Å². The van der Waals surface area contributed by atoms with E-state index in [2.05, 4.69) is 19.1 Å². The molecule has 2 nitrogen and oxygen atoms in total. The molecule has 0 aromatic carbocycles. The normalized spacial score (nSPS) is 11.4. The third-order valence-corrected chi connectivity index (χ3v) is 4.90. The smallest absolute Gasteiger partial charge is 0.303 e. The van der Waals surface area contributed by atoms with Crippen LogP contribution in [-0.4, -0.2) is 11.1 Å². The highest BCUT2D eigenvalue weighted by molar-refractivity contribution is 5.66. The Hall–Kier alpha value is -0.790. The summed E-state index contributed by atoms with van der Waals surface area (Å²) >= 11 is 0. The van der Waals surface area contributed by atoms with Crippen molar-refractivity contribution >= 4 is 5.97 Å². The van der Waals surface area contributed by atoms with Crippen LogP contribution in [0.25, 0.3) is 0 Å². The molecule has 0 aliphatic rings. The predicted molar refractivity (Wildman–Crippen MR) is 110 cm³/mol. The average Bonchev–Trinajstić information content (AvgIpc) is 2.60. The van der Waals surface area contributed by atoms with Crippen LogP contribution >= 0.6 is 0 Å². The lowest BCUT2D eigenvalue weighted by Gasteiger charge is -2.01. The molecule has 1 N–H and O–H groups in total. The molecule has 0 spiro atoms. The maximum absolute atomic E-state index is 10.4. The molecule has 148 valence electrons. The van der Waals surface area contributed by atoms with Crippen molar-refractivity contribution in [1.29, 1.82) is 0 Å². The number of carboxylic acids is 1. The van der Waals surface area contributed by atoms with Gasteiger partial charge >= 0.3 is 5.97 Å². The summed E-state index contributed by atoms with van der Waals surface area (Å²) in [4.78, 5) is 10.4. The standard InChI is InChI=1S/C23H44O2/c1-2-3-4-5-6-7-8-9-10-11-12-13-14-15-16-17-18-19-20-21-22-23(24)25/h13-14H,2-12,15-22H2,1H3,(H,24,25)/b14-13-. The van der Waals surface area contributed by atoms with E-state index in [0.717, 1.165) is 12.8 Å². The zero-order chi connectivity index (χ0) is 18.4. The summed E-state index contributed by atoms with van der Waals surface area (Å²) in [5, 5.41) is 8.56. The van der Waals surface area contributed by atoms with E-state index in [-0.39, 0.29) is 0 Å². The molecule has 0 aromatic heterocycles. The van der Waals surface area contributed by atoms with Gasteiger partial charge in [0.25, 0.3) is 0 Å². The Morgan fingerprint density at radius 1 is 0.600 bits per heavy atom. The van der Waals surface area contributed by atoms with Gasteiger partial charge in [-0.2, -0.15) is 0 Å². The van der Waals surface area contributed by atoms with Crippen LogP contribution in [-0.2, 0) is 4.79 Å². The SMILES string of the molecule is CCCCCCCCCCCC/C=C\CCCCCCCCC(=O)O. The second kappa shape index (κ2) is 21.3. The summed E-state index contributed by atoms with van der Waals surface area (Å²) in [6, 6.07) is 0. The molecule has 25 heavy (non-hydrogen) atoms. The summed E-state index contributed by atoms with van der Waals surface area (Å²) in [6.07, 6.45) is 28.6. The number of carbonyl (C=O) groups is 1. The first-order valence-electron chi connectivity index (χ1n) is 11.1. The van der Waals surface area contributed by atoms with Crippen molar-refractivity contribution in [3.05, 3.63) is 12.2 Å². The minimum absolute atomic E-state index is 0.335. The monoisotopic (exact) mass is 352 g/mol. The Bertz CT molecular complexity index is 296. The van der Waals surface area contributed by atoms with Crippen molar-refractivity contribution in [3.8, 4) is 0 Å². The molecule has 0 fully saturated rings. The van der Waals surface area contributed by atoms with Crippen molar-refractivity contribution in [2.45, 2.75) is 129 Å². The molecule has 0 saturated carbocycles. The number of rotatable bonds is 20. The molecule has 0 amide bonds. The molecule has 0 radical (unpaired) electrons. The third-order valence-electron chi connectivity index (χ3n) is 4.90. The van der Waals surface area contributed by atoms with Gasteiger partial charge in [-0.05, 0) is 32.1 Å². The molecular formula is C23H44O2. The van der Waals surface area contributed by atoms with Gasteiger partial charge in [0.15, 0.2) is 0 Å². The van der Waals surface area contributed by atoms with Crippen molar-refractivity contribution in [2.75, 3.05) is 0 Å².